The summed E-state index contributed by atoms with van der Waals surface area (Å²) in [4.78, 5) is 22.4. The lowest BCUT2D eigenvalue weighted by molar-refractivity contribution is -0.137. The molecule has 0 bridgehead atoms. The SMILES string of the molecule is CCCCSCC(=O)Nc1ccc(C(C)CC(=O)O)cc1. The minimum Gasteiger partial charge on any atom is -0.481 e. The summed E-state index contributed by atoms with van der Waals surface area (Å²) in [6, 6.07) is 7.38. The Morgan fingerprint density at radius 2 is 1.95 bits per heavy atom. The highest BCUT2D eigenvalue weighted by Gasteiger charge is 2.10. The molecule has 1 atom stereocenters. The van der Waals surface area contributed by atoms with Gasteiger partial charge < -0.3 is 10.4 Å². The first-order chi connectivity index (χ1) is 10.0. The van der Waals surface area contributed by atoms with Crippen LogP contribution in [-0.4, -0.2) is 28.5 Å². The van der Waals surface area contributed by atoms with Crippen molar-refractivity contribution in [3.8, 4) is 0 Å². The van der Waals surface area contributed by atoms with E-state index in [9.17, 15) is 9.59 Å². The van der Waals surface area contributed by atoms with Gasteiger partial charge in [-0.15, -0.1) is 0 Å². The van der Waals surface area contributed by atoms with Crippen molar-refractivity contribution in [3.63, 3.8) is 0 Å². The molecule has 0 saturated carbocycles. The Morgan fingerprint density at radius 1 is 1.29 bits per heavy atom. The number of carboxylic acids is 1. The number of thioether (sulfide) groups is 1. The first kappa shape index (κ1) is 17.6. The van der Waals surface area contributed by atoms with E-state index in [1.54, 1.807) is 11.8 Å². The molecule has 0 aliphatic carbocycles. The van der Waals surface area contributed by atoms with Crippen molar-refractivity contribution >= 4 is 29.3 Å². The van der Waals surface area contributed by atoms with Gasteiger partial charge in [0.25, 0.3) is 0 Å². The third-order valence-electron chi connectivity index (χ3n) is 3.12. The van der Waals surface area contributed by atoms with Gasteiger partial charge >= 0.3 is 5.97 Å². The fourth-order valence-electron chi connectivity index (χ4n) is 1.88. The first-order valence-electron chi connectivity index (χ1n) is 7.22. The van der Waals surface area contributed by atoms with Crippen LogP contribution in [0.2, 0.25) is 0 Å². The predicted octanol–water partition coefficient (Wildman–Crippen LogP) is 3.74. The number of unbranched alkanes of at least 4 members (excludes halogenated alkanes) is 1. The van der Waals surface area contributed by atoms with Crippen LogP contribution >= 0.6 is 11.8 Å². The van der Waals surface area contributed by atoms with Crippen molar-refractivity contribution in [2.24, 2.45) is 0 Å². The van der Waals surface area contributed by atoms with E-state index in [1.165, 1.54) is 0 Å². The molecule has 1 aromatic carbocycles. The molecule has 21 heavy (non-hydrogen) atoms. The number of benzene rings is 1. The van der Waals surface area contributed by atoms with Crippen molar-refractivity contribution in [2.75, 3.05) is 16.8 Å². The molecule has 0 fully saturated rings. The Morgan fingerprint density at radius 3 is 2.52 bits per heavy atom. The first-order valence-corrected chi connectivity index (χ1v) is 8.37. The zero-order chi connectivity index (χ0) is 15.7. The molecule has 0 aliphatic heterocycles. The minimum atomic E-state index is -0.802. The Hall–Kier alpha value is -1.49. The van der Waals surface area contributed by atoms with Gasteiger partial charge in [0.05, 0.1) is 12.2 Å². The van der Waals surface area contributed by atoms with Gasteiger partial charge in [0.15, 0.2) is 0 Å². The molecule has 1 unspecified atom stereocenters. The normalized spacial score (nSPS) is 11.9. The van der Waals surface area contributed by atoms with E-state index in [0.717, 1.165) is 29.8 Å². The van der Waals surface area contributed by atoms with E-state index in [4.69, 9.17) is 5.11 Å². The van der Waals surface area contributed by atoms with Crippen LogP contribution in [0.3, 0.4) is 0 Å². The Balaban J connectivity index is 2.43. The number of carbonyl (C=O) groups excluding carboxylic acids is 1. The number of amides is 1. The summed E-state index contributed by atoms with van der Waals surface area (Å²) in [5.74, 6) is 0.649. The molecule has 0 spiro atoms. The van der Waals surface area contributed by atoms with Crippen LogP contribution in [0.5, 0.6) is 0 Å². The van der Waals surface area contributed by atoms with Crippen LogP contribution in [0.4, 0.5) is 5.69 Å². The van der Waals surface area contributed by atoms with Crippen molar-refractivity contribution in [3.05, 3.63) is 29.8 Å². The summed E-state index contributed by atoms with van der Waals surface area (Å²) >= 11 is 1.64. The lowest BCUT2D eigenvalue weighted by atomic mass is 9.98. The standard InChI is InChI=1S/C16H23NO3S/c1-3-4-9-21-11-15(18)17-14-7-5-13(6-8-14)12(2)10-16(19)20/h5-8,12H,3-4,9-11H2,1-2H3,(H,17,18)(H,19,20). The van der Waals surface area contributed by atoms with E-state index in [1.807, 2.05) is 31.2 Å². The molecule has 0 radical (unpaired) electrons. The minimum absolute atomic E-state index is 0.00226. The second kappa shape index (κ2) is 9.45. The van der Waals surface area contributed by atoms with Crippen LogP contribution in [0, 0.1) is 0 Å². The Labute approximate surface area is 130 Å². The third-order valence-corrected chi connectivity index (χ3v) is 4.16. The number of carboxylic acid groups (broad SMARTS) is 1. The number of hydrogen-bond donors (Lipinski definition) is 2. The van der Waals surface area contributed by atoms with Gasteiger partial charge in [-0.2, -0.15) is 11.8 Å². The summed E-state index contributed by atoms with van der Waals surface area (Å²) in [7, 11) is 0. The Kier molecular flexibility index (Phi) is 7.90. The molecule has 1 rings (SSSR count). The molecule has 116 valence electrons. The number of aliphatic carboxylic acids is 1. The second-order valence-electron chi connectivity index (χ2n) is 5.08. The maximum Gasteiger partial charge on any atom is 0.303 e. The summed E-state index contributed by atoms with van der Waals surface area (Å²) in [6.45, 7) is 4.01. The van der Waals surface area contributed by atoms with Crippen LogP contribution in [0.25, 0.3) is 0 Å². The van der Waals surface area contributed by atoms with Gasteiger partial charge in [-0.05, 0) is 35.8 Å². The maximum atomic E-state index is 11.7. The largest absolute Gasteiger partial charge is 0.481 e. The summed E-state index contributed by atoms with van der Waals surface area (Å²) in [6.07, 6.45) is 2.39. The van der Waals surface area contributed by atoms with Crippen LogP contribution in [-0.2, 0) is 9.59 Å². The topological polar surface area (TPSA) is 66.4 Å². The molecule has 5 heteroatoms. The van der Waals surface area contributed by atoms with Gasteiger partial charge in [0.2, 0.25) is 5.91 Å². The summed E-state index contributed by atoms with van der Waals surface area (Å²) in [5, 5.41) is 11.6. The molecule has 0 heterocycles. The molecule has 1 aromatic rings. The molecule has 2 N–H and O–H groups in total. The fourth-order valence-corrected chi connectivity index (χ4v) is 2.78. The second-order valence-corrected chi connectivity index (χ2v) is 6.18. The zero-order valence-electron chi connectivity index (χ0n) is 12.6. The van der Waals surface area contributed by atoms with Crippen LogP contribution in [0.1, 0.15) is 44.6 Å². The van der Waals surface area contributed by atoms with Crippen LogP contribution in [0.15, 0.2) is 24.3 Å². The van der Waals surface area contributed by atoms with Gasteiger partial charge in [-0.1, -0.05) is 32.4 Å². The average Bonchev–Trinajstić information content (AvgIpc) is 2.43. The van der Waals surface area contributed by atoms with Gasteiger partial charge in [0, 0.05) is 5.69 Å². The summed E-state index contributed by atoms with van der Waals surface area (Å²) in [5.41, 5.74) is 1.72. The van der Waals surface area contributed by atoms with E-state index in [2.05, 4.69) is 12.2 Å². The number of rotatable bonds is 9. The number of carbonyl (C=O) groups is 2. The van der Waals surface area contributed by atoms with E-state index >= 15 is 0 Å². The van der Waals surface area contributed by atoms with Crippen molar-refractivity contribution in [2.45, 2.75) is 39.0 Å². The highest BCUT2D eigenvalue weighted by molar-refractivity contribution is 7.99. The average molecular weight is 309 g/mol. The van der Waals surface area contributed by atoms with Gasteiger partial charge in [0.1, 0.15) is 0 Å². The highest BCUT2D eigenvalue weighted by atomic mass is 32.2. The molecule has 1 amide bonds. The van der Waals surface area contributed by atoms with E-state index < -0.39 is 5.97 Å². The zero-order valence-corrected chi connectivity index (χ0v) is 13.4. The fraction of sp³-hybridized carbons (Fsp3) is 0.500. The monoisotopic (exact) mass is 309 g/mol. The maximum absolute atomic E-state index is 11.7. The van der Waals surface area contributed by atoms with Crippen molar-refractivity contribution in [1.29, 1.82) is 0 Å². The molecule has 0 aliphatic rings. The Bertz CT molecular complexity index is 459. The lowest BCUT2D eigenvalue weighted by Crippen LogP contribution is -2.14. The number of nitrogens with one attached hydrogen (secondary N) is 1. The van der Waals surface area contributed by atoms with Gasteiger partial charge in [-0.3, -0.25) is 9.59 Å². The van der Waals surface area contributed by atoms with E-state index in [-0.39, 0.29) is 18.2 Å². The van der Waals surface area contributed by atoms with E-state index in [0.29, 0.717) is 5.75 Å². The molecular weight excluding hydrogens is 286 g/mol. The smallest absolute Gasteiger partial charge is 0.303 e. The highest BCUT2D eigenvalue weighted by Crippen LogP contribution is 2.21. The summed E-state index contributed by atoms with van der Waals surface area (Å²) < 4.78 is 0. The number of hydrogen-bond acceptors (Lipinski definition) is 3. The van der Waals surface area contributed by atoms with Crippen molar-refractivity contribution in [1.82, 2.24) is 0 Å². The van der Waals surface area contributed by atoms with Crippen LogP contribution < -0.4 is 5.32 Å². The molecular formula is C16H23NO3S. The molecule has 0 saturated heterocycles. The lowest BCUT2D eigenvalue weighted by Gasteiger charge is -2.10. The predicted molar refractivity (Wildman–Crippen MR) is 88.0 cm³/mol. The van der Waals surface area contributed by atoms with Gasteiger partial charge in [-0.25, -0.2) is 0 Å². The molecule has 0 aromatic heterocycles. The molecule has 4 nitrogen and oxygen atoms in total. The van der Waals surface area contributed by atoms with Crippen molar-refractivity contribution < 1.29 is 14.7 Å². The third kappa shape index (κ3) is 7.18. The number of anilines is 1. The quantitative estimate of drug-likeness (QED) is 0.682.